The van der Waals surface area contributed by atoms with Gasteiger partial charge in [0.25, 0.3) is 5.89 Å². The number of nitrogens with zero attached hydrogens (tertiary/aromatic N) is 3. The predicted octanol–water partition coefficient (Wildman–Crippen LogP) is 2.99. The number of rotatable bonds is 7. The Bertz CT molecular complexity index is 536. The molecule has 0 saturated carbocycles. The molecule has 0 aliphatic carbocycles. The molecular weight excluding hydrogens is 274 g/mol. The largest absolute Gasteiger partial charge is 0.420 e. The normalized spacial score (nSPS) is 10.7. The van der Waals surface area contributed by atoms with Crippen LogP contribution in [0.2, 0.25) is 0 Å². The molecule has 0 unspecified atom stereocenters. The zero-order valence-electron chi connectivity index (χ0n) is 11.8. The van der Waals surface area contributed by atoms with Gasteiger partial charge in [-0.1, -0.05) is 19.4 Å². The highest BCUT2D eigenvalue weighted by atomic mass is 32.1. The first-order valence-corrected chi connectivity index (χ1v) is 7.69. The molecule has 2 aromatic heterocycles. The smallest absolute Gasteiger partial charge is 0.257 e. The lowest BCUT2D eigenvalue weighted by atomic mass is 10.2. The molecule has 5 nitrogen and oxygen atoms in total. The van der Waals surface area contributed by atoms with Crippen molar-refractivity contribution in [2.45, 2.75) is 32.6 Å². The molecule has 2 rings (SSSR count). The topological polar surface area (TPSA) is 59.2 Å². The van der Waals surface area contributed by atoms with E-state index < -0.39 is 0 Å². The summed E-state index contributed by atoms with van der Waals surface area (Å²) in [6.07, 6.45) is 3.02. The Morgan fingerprint density at radius 2 is 2.30 bits per heavy atom. The van der Waals surface area contributed by atoms with Crippen molar-refractivity contribution in [3.05, 3.63) is 23.4 Å². The summed E-state index contributed by atoms with van der Waals surface area (Å²) in [5.41, 5.74) is 0. The van der Waals surface area contributed by atoms with E-state index in [0.29, 0.717) is 24.6 Å². The molecule has 2 aromatic rings. The minimum atomic E-state index is 0.120. The van der Waals surface area contributed by atoms with Gasteiger partial charge in [-0.3, -0.25) is 4.79 Å². The summed E-state index contributed by atoms with van der Waals surface area (Å²) in [6, 6.07) is 3.88. The van der Waals surface area contributed by atoms with Gasteiger partial charge in [0, 0.05) is 26.4 Å². The minimum Gasteiger partial charge on any atom is -0.420 e. The fourth-order valence-corrected chi connectivity index (χ4v) is 2.42. The number of thiophene rings is 1. The summed E-state index contributed by atoms with van der Waals surface area (Å²) in [4.78, 5) is 14.6. The molecule has 6 heteroatoms. The lowest BCUT2D eigenvalue weighted by molar-refractivity contribution is -0.130. The molecule has 0 aromatic carbocycles. The first-order chi connectivity index (χ1) is 9.70. The maximum Gasteiger partial charge on any atom is 0.257 e. The first-order valence-electron chi connectivity index (χ1n) is 6.81. The number of hydrogen-bond acceptors (Lipinski definition) is 5. The third-order valence-electron chi connectivity index (χ3n) is 3.02. The average Bonchev–Trinajstić information content (AvgIpc) is 3.12. The number of carbonyl (C=O) groups excluding carboxylic acids is 1. The van der Waals surface area contributed by atoms with Gasteiger partial charge in [-0.2, -0.15) is 0 Å². The van der Waals surface area contributed by atoms with Crippen molar-refractivity contribution in [1.29, 1.82) is 0 Å². The zero-order chi connectivity index (χ0) is 14.4. The van der Waals surface area contributed by atoms with Gasteiger partial charge >= 0.3 is 0 Å². The van der Waals surface area contributed by atoms with Crippen LogP contribution in [0.5, 0.6) is 0 Å². The molecule has 0 saturated heterocycles. The van der Waals surface area contributed by atoms with E-state index in [9.17, 15) is 4.79 Å². The van der Waals surface area contributed by atoms with Gasteiger partial charge in [0.1, 0.15) is 0 Å². The van der Waals surface area contributed by atoms with Crippen molar-refractivity contribution in [3.8, 4) is 10.8 Å². The maximum absolute atomic E-state index is 11.9. The molecular formula is C14H19N3O2S. The Kier molecular flexibility index (Phi) is 5.29. The lowest BCUT2D eigenvalue weighted by Gasteiger charge is -2.15. The highest BCUT2D eigenvalue weighted by Crippen LogP contribution is 2.23. The maximum atomic E-state index is 11.9. The molecule has 2 heterocycles. The predicted molar refractivity (Wildman–Crippen MR) is 78.5 cm³/mol. The second-order valence-electron chi connectivity index (χ2n) is 4.65. The quantitative estimate of drug-likeness (QED) is 0.787. The van der Waals surface area contributed by atoms with Crippen LogP contribution in [-0.4, -0.2) is 34.6 Å². The van der Waals surface area contributed by atoms with Gasteiger partial charge in [-0.15, -0.1) is 21.5 Å². The third-order valence-corrected chi connectivity index (χ3v) is 3.88. The summed E-state index contributed by atoms with van der Waals surface area (Å²) in [6.45, 7) is 2.92. The highest BCUT2D eigenvalue weighted by Gasteiger charge is 2.13. The third kappa shape index (κ3) is 3.90. The van der Waals surface area contributed by atoms with Crippen LogP contribution in [0.15, 0.2) is 21.9 Å². The van der Waals surface area contributed by atoms with Crippen LogP contribution in [0, 0.1) is 0 Å². The number of hydrogen-bond donors (Lipinski definition) is 0. The second kappa shape index (κ2) is 7.19. The molecule has 0 aliphatic heterocycles. The zero-order valence-corrected chi connectivity index (χ0v) is 12.7. The van der Waals surface area contributed by atoms with Gasteiger partial charge in [0.2, 0.25) is 11.8 Å². The van der Waals surface area contributed by atoms with E-state index in [1.807, 2.05) is 24.6 Å². The molecule has 0 atom stereocenters. The standard InChI is InChI=1S/C14H19N3O2S/c1-3-4-9-17(2)13(18)8-7-12-15-16-14(19-12)11-6-5-10-20-11/h5-6,10H,3-4,7-9H2,1-2H3. The second-order valence-corrected chi connectivity index (χ2v) is 5.59. The highest BCUT2D eigenvalue weighted by molar-refractivity contribution is 7.13. The Hall–Kier alpha value is -1.69. The van der Waals surface area contributed by atoms with Gasteiger partial charge < -0.3 is 9.32 Å². The summed E-state index contributed by atoms with van der Waals surface area (Å²) in [5.74, 6) is 1.17. The van der Waals surface area contributed by atoms with E-state index in [2.05, 4.69) is 17.1 Å². The number of carbonyl (C=O) groups is 1. The number of aromatic nitrogens is 2. The van der Waals surface area contributed by atoms with Gasteiger partial charge in [-0.05, 0) is 17.9 Å². The Morgan fingerprint density at radius 1 is 1.45 bits per heavy atom. The van der Waals surface area contributed by atoms with E-state index in [0.717, 1.165) is 24.3 Å². The number of unbranched alkanes of at least 4 members (excludes halogenated alkanes) is 1. The number of aryl methyl sites for hydroxylation is 1. The van der Waals surface area contributed by atoms with Crippen molar-refractivity contribution in [2.75, 3.05) is 13.6 Å². The molecule has 0 fully saturated rings. The molecule has 20 heavy (non-hydrogen) atoms. The van der Waals surface area contributed by atoms with Crippen LogP contribution < -0.4 is 0 Å². The van der Waals surface area contributed by atoms with E-state index >= 15 is 0 Å². The molecule has 0 radical (unpaired) electrons. The van der Waals surface area contributed by atoms with E-state index in [1.165, 1.54) is 0 Å². The molecule has 1 amide bonds. The van der Waals surface area contributed by atoms with Crippen molar-refractivity contribution in [2.24, 2.45) is 0 Å². The van der Waals surface area contributed by atoms with Crippen LogP contribution >= 0.6 is 11.3 Å². The molecule has 108 valence electrons. The van der Waals surface area contributed by atoms with Gasteiger partial charge in [0.05, 0.1) is 4.88 Å². The van der Waals surface area contributed by atoms with Crippen LogP contribution in [-0.2, 0) is 11.2 Å². The fourth-order valence-electron chi connectivity index (χ4n) is 1.78. The van der Waals surface area contributed by atoms with Crippen LogP contribution in [0.1, 0.15) is 32.1 Å². The molecule has 0 spiro atoms. The van der Waals surface area contributed by atoms with Crippen molar-refractivity contribution in [1.82, 2.24) is 15.1 Å². The first kappa shape index (κ1) is 14.7. The van der Waals surface area contributed by atoms with E-state index in [4.69, 9.17) is 4.42 Å². The number of amides is 1. The minimum absolute atomic E-state index is 0.120. The SMILES string of the molecule is CCCCN(C)C(=O)CCc1nnc(-c2cccs2)o1. The molecule has 0 N–H and O–H groups in total. The van der Waals surface area contributed by atoms with Gasteiger partial charge in [0.15, 0.2) is 0 Å². The average molecular weight is 293 g/mol. The van der Waals surface area contributed by atoms with Gasteiger partial charge in [-0.25, -0.2) is 0 Å². The van der Waals surface area contributed by atoms with E-state index in [-0.39, 0.29) is 5.91 Å². The Balaban J connectivity index is 1.84. The molecule has 0 bridgehead atoms. The van der Waals surface area contributed by atoms with Crippen molar-refractivity contribution in [3.63, 3.8) is 0 Å². The summed E-state index contributed by atoms with van der Waals surface area (Å²) >= 11 is 1.56. The van der Waals surface area contributed by atoms with Crippen LogP contribution in [0.3, 0.4) is 0 Å². The fraction of sp³-hybridized carbons (Fsp3) is 0.500. The summed E-state index contributed by atoms with van der Waals surface area (Å²) in [5, 5.41) is 9.95. The van der Waals surface area contributed by atoms with Crippen LogP contribution in [0.25, 0.3) is 10.8 Å². The lowest BCUT2D eigenvalue weighted by Crippen LogP contribution is -2.27. The summed E-state index contributed by atoms with van der Waals surface area (Å²) < 4.78 is 5.56. The monoisotopic (exact) mass is 293 g/mol. The van der Waals surface area contributed by atoms with Crippen molar-refractivity contribution < 1.29 is 9.21 Å². The molecule has 0 aliphatic rings. The van der Waals surface area contributed by atoms with E-state index in [1.54, 1.807) is 16.2 Å². The Morgan fingerprint density at radius 3 is 3.00 bits per heavy atom. The Labute approximate surface area is 122 Å². The van der Waals surface area contributed by atoms with Crippen LogP contribution in [0.4, 0.5) is 0 Å². The van der Waals surface area contributed by atoms with Crippen molar-refractivity contribution >= 4 is 17.2 Å². The summed E-state index contributed by atoms with van der Waals surface area (Å²) in [7, 11) is 1.84.